The standard InChI is InChI=1S/C10H21Cl.C5H10/c1-2-3-4-5-6-7-8-9-10-11;1-4-5(2)3/h2-10H2,1H3;4H,1-3H3. The van der Waals surface area contributed by atoms with Gasteiger partial charge in [0.1, 0.15) is 0 Å². The van der Waals surface area contributed by atoms with E-state index in [0.717, 1.165) is 5.88 Å². The highest BCUT2D eigenvalue weighted by atomic mass is 35.5. The Balaban J connectivity index is 0. The average Bonchev–Trinajstić information content (AvgIpc) is 2.29. The zero-order valence-corrected chi connectivity index (χ0v) is 12.6. The molecule has 0 aliphatic carbocycles. The summed E-state index contributed by atoms with van der Waals surface area (Å²) in [5, 5.41) is 0. The highest BCUT2D eigenvalue weighted by Gasteiger charge is 1.89. The normalized spacial score (nSPS) is 9.31. The van der Waals surface area contributed by atoms with E-state index in [4.69, 9.17) is 11.6 Å². The van der Waals surface area contributed by atoms with Crippen molar-refractivity contribution in [1.82, 2.24) is 0 Å². The SMILES string of the molecule is CC=C(C)C.CCCCCCCCCCCl. The zero-order chi connectivity index (χ0) is 12.6. The summed E-state index contributed by atoms with van der Waals surface area (Å²) in [6.45, 7) is 8.46. The summed E-state index contributed by atoms with van der Waals surface area (Å²) in [7, 11) is 0. The molecule has 0 bridgehead atoms. The third-order valence-electron chi connectivity index (χ3n) is 2.56. The second-order valence-corrected chi connectivity index (χ2v) is 4.91. The maximum Gasteiger partial charge on any atom is 0.0223 e. The maximum atomic E-state index is 5.56. The van der Waals surface area contributed by atoms with Crippen LogP contribution in [-0.4, -0.2) is 5.88 Å². The molecule has 0 radical (unpaired) electrons. The van der Waals surface area contributed by atoms with Gasteiger partial charge in [-0.15, -0.1) is 11.6 Å². The molecule has 0 saturated heterocycles. The van der Waals surface area contributed by atoms with Crippen LogP contribution in [0.5, 0.6) is 0 Å². The van der Waals surface area contributed by atoms with Gasteiger partial charge < -0.3 is 0 Å². The summed E-state index contributed by atoms with van der Waals surface area (Å²) in [6.07, 6.45) is 13.0. The number of hydrogen-bond acceptors (Lipinski definition) is 0. The molecule has 98 valence electrons. The Bertz CT molecular complexity index is 126. The quantitative estimate of drug-likeness (QED) is 0.266. The zero-order valence-electron chi connectivity index (χ0n) is 11.8. The van der Waals surface area contributed by atoms with Crippen LogP contribution in [0.3, 0.4) is 0 Å². The molecular weight excluding hydrogens is 216 g/mol. The molecule has 0 aromatic rings. The lowest BCUT2D eigenvalue weighted by Gasteiger charge is -1.98. The molecular formula is C15H31Cl. The van der Waals surface area contributed by atoms with Crippen molar-refractivity contribution in [1.29, 1.82) is 0 Å². The number of halogens is 1. The van der Waals surface area contributed by atoms with Crippen molar-refractivity contribution in [3.8, 4) is 0 Å². The van der Waals surface area contributed by atoms with Crippen molar-refractivity contribution in [2.75, 3.05) is 5.88 Å². The van der Waals surface area contributed by atoms with Crippen molar-refractivity contribution in [3.63, 3.8) is 0 Å². The fourth-order valence-corrected chi connectivity index (χ4v) is 1.42. The number of alkyl halides is 1. The van der Waals surface area contributed by atoms with Crippen LogP contribution >= 0.6 is 11.6 Å². The largest absolute Gasteiger partial charge is 0.127 e. The van der Waals surface area contributed by atoms with E-state index in [0.29, 0.717) is 0 Å². The topological polar surface area (TPSA) is 0 Å². The van der Waals surface area contributed by atoms with Gasteiger partial charge in [0.25, 0.3) is 0 Å². The lowest BCUT2D eigenvalue weighted by Crippen LogP contribution is -1.80. The molecule has 16 heavy (non-hydrogen) atoms. The fraction of sp³-hybridized carbons (Fsp3) is 0.867. The predicted molar refractivity (Wildman–Crippen MR) is 78.4 cm³/mol. The molecule has 0 spiro atoms. The van der Waals surface area contributed by atoms with Gasteiger partial charge in [0.15, 0.2) is 0 Å². The van der Waals surface area contributed by atoms with Crippen LogP contribution in [0.15, 0.2) is 11.6 Å². The first kappa shape index (κ1) is 18.4. The monoisotopic (exact) mass is 246 g/mol. The molecule has 0 N–H and O–H groups in total. The first-order valence-corrected chi connectivity index (χ1v) is 7.37. The minimum Gasteiger partial charge on any atom is -0.127 e. The van der Waals surface area contributed by atoms with Gasteiger partial charge in [-0.25, -0.2) is 0 Å². The Morgan fingerprint density at radius 1 is 0.875 bits per heavy atom. The highest BCUT2D eigenvalue weighted by molar-refractivity contribution is 6.17. The van der Waals surface area contributed by atoms with Crippen LogP contribution in [0.4, 0.5) is 0 Å². The second kappa shape index (κ2) is 17.4. The van der Waals surface area contributed by atoms with Gasteiger partial charge in [0.05, 0.1) is 0 Å². The first-order valence-electron chi connectivity index (χ1n) is 6.84. The molecule has 0 heterocycles. The van der Waals surface area contributed by atoms with Gasteiger partial charge >= 0.3 is 0 Å². The van der Waals surface area contributed by atoms with E-state index in [-0.39, 0.29) is 0 Å². The lowest BCUT2D eigenvalue weighted by atomic mass is 10.1. The van der Waals surface area contributed by atoms with E-state index >= 15 is 0 Å². The lowest BCUT2D eigenvalue weighted by molar-refractivity contribution is 0.586. The molecule has 0 amide bonds. The Morgan fingerprint density at radius 3 is 1.56 bits per heavy atom. The van der Waals surface area contributed by atoms with Gasteiger partial charge in [-0.3, -0.25) is 0 Å². The van der Waals surface area contributed by atoms with Crippen LogP contribution in [0.25, 0.3) is 0 Å². The average molecular weight is 247 g/mol. The Morgan fingerprint density at radius 2 is 1.25 bits per heavy atom. The molecule has 0 saturated carbocycles. The minimum absolute atomic E-state index is 0.842. The molecule has 0 fully saturated rings. The number of allylic oxidation sites excluding steroid dienone is 2. The first-order chi connectivity index (χ1) is 7.68. The third-order valence-corrected chi connectivity index (χ3v) is 2.83. The fourth-order valence-electron chi connectivity index (χ4n) is 1.23. The molecule has 0 aromatic carbocycles. The van der Waals surface area contributed by atoms with Crippen LogP contribution in [0, 0.1) is 0 Å². The van der Waals surface area contributed by atoms with E-state index in [9.17, 15) is 0 Å². The molecule has 0 rings (SSSR count). The molecule has 0 atom stereocenters. The number of rotatable bonds is 8. The summed E-state index contributed by atoms with van der Waals surface area (Å²) >= 11 is 5.56. The van der Waals surface area contributed by atoms with Crippen molar-refractivity contribution in [2.45, 2.75) is 79.1 Å². The molecule has 0 aliphatic heterocycles. The van der Waals surface area contributed by atoms with Crippen LogP contribution in [0.1, 0.15) is 79.1 Å². The van der Waals surface area contributed by atoms with E-state index in [2.05, 4.69) is 26.8 Å². The Labute approximate surface area is 108 Å². The summed E-state index contributed by atoms with van der Waals surface area (Å²) < 4.78 is 0. The third kappa shape index (κ3) is 23.7. The van der Waals surface area contributed by atoms with Crippen molar-refractivity contribution in [3.05, 3.63) is 11.6 Å². The van der Waals surface area contributed by atoms with Gasteiger partial charge in [-0.1, -0.05) is 63.5 Å². The molecule has 0 unspecified atom stereocenters. The van der Waals surface area contributed by atoms with E-state index in [1.165, 1.54) is 56.9 Å². The number of unbranched alkanes of at least 4 members (excludes halogenated alkanes) is 7. The van der Waals surface area contributed by atoms with Crippen LogP contribution in [0.2, 0.25) is 0 Å². The van der Waals surface area contributed by atoms with E-state index in [1.807, 2.05) is 6.92 Å². The Hall–Kier alpha value is 0.0300. The van der Waals surface area contributed by atoms with Crippen LogP contribution < -0.4 is 0 Å². The predicted octanol–water partition coefficient (Wildman–Crippen LogP) is 6.34. The van der Waals surface area contributed by atoms with Crippen molar-refractivity contribution < 1.29 is 0 Å². The van der Waals surface area contributed by atoms with Gasteiger partial charge in [0, 0.05) is 5.88 Å². The minimum atomic E-state index is 0.842. The van der Waals surface area contributed by atoms with Crippen molar-refractivity contribution in [2.24, 2.45) is 0 Å². The molecule has 0 aliphatic rings. The summed E-state index contributed by atoms with van der Waals surface area (Å²) in [6, 6.07) is 0. The highest BCUT2D eigenvalue weighted by Crippen LogP contribution is 2.08. The van der Waals surface area contributed by atoms with Gasteiger partial charge in [-0.2, -0.15) is 0 Å². The van der Waals surface area contributed by atoms with E-state index in [1.54, 1.807) is 0 Å². The van der Waals surface area contributed by atoms with E-state index < -0.39 is 0 Å². The molecule has 0 aromatic heterocycles. The Kier molecular flexibility index (Phi) is 20.0. The second-order valence-electron chi connectivity index (χ2n) is 4.53. The summed E-state index contributed by atoms with van der Waals surface area (Å²) in [4.78, 5) is 0. The smallest absolute Gasteiger partial charge is 0.0223 e. The van der Waals surface area contributed by atoms with Crippen LogP contribution in [-0.2, 0) is 0 Å². The maximum absolute atomic E-state index is 5.56. The molecule has 1 heteroatoms. The van der Waals surface area contributed by atoms with Gasteiger partial charge in [0.2, 0.25) is 0 Å². The number of hydrogen-bond donors (Lipinski definition) is 0. The summed E-state index contributed by atoms with van der Waals surface area (Å²) in [5.41, 5.74) is 1.38. The molecule has 0 nitrogen and oxygen atoms in total. The van der Waals surface area contributed by atoms with Crippen molar-refractivity contribution >= 4 is 11.6 Å². The summed E-state index contributed by atoms with van der Waals surface area (Å²) in [5.74, 6) is 0.842. The van der Waals surface area contributed by atoms with Gasteiger partial charge in [-0.05, 0) is 27.2 Å².